The number of halogens is 2. The summed E-state index contributed by atoms with van der Waals surface area (Å²) in [5.74, 6) is -0.0475. The number of rotatable bonds is 7. The molecule has 1 amide bonds. The number of carbonyl (C=O) groups is 1. The molecule has 3 aromatic rings. The van der Waals surface area contributed by atoms with Gasteiger partial charge >= 0.3 is 0 Å². The summed E-state index contributed by atoms with van der Waals surface area (Å²) in [5, 5.41) is 18.5. The molecule has 1 aromatic heterocycles. The number of nitrogens with zero attached hydrogens (tertiary/aromatic N) is 2. The summed E-state index contributed by atoms with van der Waals surface area (Å²) in [7, 11) is 0. The van der Waals surface area contributed by atoms with E-state index >= 15 is 0 Å². The Morgan fingerprint density at radius 3 is 2.73 bits per heavy atom. The third-order valence-corrected chi connectivity index (χ3v) is 5.91. The average molecular weight is 446 g/mol. The monoisotopic (exact) mass is 445 g/mol. The molecule has 2 heterocycles. The van der Waals surface area contributed by atoms with E-state index in [4.69, 9.17) is 27.9 Å². The minimum Gasteiger partial charge on any atom is -0.507 e. The fraction of sp³-hybridized carbons (Fsp3) is 0.273. The fourth-order valence-corrected chi connectivity index (χ4v) is 4.12. The predicted molar refractivity (Wildman–Crippen MR) is 116 cm³/mol. The van der Waals surface area contributed by atoms with Gasteiger partial charge in [0, 0.05) is 30.9 Å². The molecule has 156 valence electrons. The quantitative estimate of drug-likeness (QED) is 0.498. The van der Waals surface area contributed by atoms with Crippen LogP contribution in [0.2, 0.25) is 10.0 Å². The van der Waals surface area contributed by atoms with Crippen LogP contribution in [0.4, 0.5) is 0 Å². The summed E-state index contributed by atoms with van der Waals surface area (Å²) in [4.78, 5) is 15.0. The summed E-state index contributed by atoms with van der Waals surface area (Å²) in [6.45, 7) is 3.64. The lowest BCUT2D eigenvalue weighted by Gasteiger charge is -2.26. The van der Waals surface area contributed by atoms with Crippen molar-refractivity contribution in [3.05, 3.63) is 69.3 Å². The molecule has 0 fully saturated rings. The topological polar surface area (TPSA) is 78.5 Å². The Labute approximate surface area is 184 Å². The Balaban J connectivity index is 1.81. The average Bonchev–Trinajstić information content (AvgIpc) is 3.27. The van der Waals surface area contributed by atoms with Gasteiger partial charge in [0.15, 0.2) is 0 Å². The first kappa shape index (κ1) is 20.7. The minimum absolute atomic E-state index is 0.0990. The fourth-order valence-electron chi connectivity index (χ4n) is 3.82. The van der Waals surface area contributed by atoms with Crippen LogP contribution in [0.3, 0.4) is 0 Å². The van der Waals surface area contributed by atoms with E-state index in [0.29, 0.717) is 53.2 Å². The van der Waals surface area contributed by atoms with Crippen LogP contribution < -0.4 is 0 Å². The number of H-pyrrole nitrogens is 1. The number of carbonyl (C=O) groups excluding carboxylic acids is 1. The number of hydrogen-bond donors (Lipinski definition) is 2. The van der Waals surface area contributed by atoms with Crippen LogP contribution in [-0.4, -0.2) is 45.9 Å². The Kier molecular flexibility index (Phi) is 5.99. The first-order valence-electron chi connectivity index (χ1n) is 9.73. The van der Waals surface area contributed by atoms with E-state index in [-0.39, 0.29) is 11.7 Å². The van der Waals surface area contributed by atoms with Gasteiger partial charge in [0.1, 0.15) is 17.1 Å². The lowest BCUT2D eigenvalue weighted by atomic mass is 9.95. The molecule has 1 unspecified atom stereocenters. The molecular formula is C22H21Cl2N3O3. The molecule has 0 aliphatic carbocycles. The molecule has 1 aliphatic rings. The standard InChI is InChI=1S/C22H21Cl2N3O3/c1-2-30-11-5-10-27-21(13-8-9-15(23)16(24)12-13)18-19(25-26-20(18)22(27)29)14-6-3-4-7-17(14)28/h3-4,6-9,12,21,28H,2,5,10-11H2,1H3,(H,25,26). The third-order valence-electron chi connectivity index (χ3n) is 5.17. The Hall–Kier alpha value is -2.54. The number of aromatic amines is 1. The van der Waals surface area contributed by atoms with Gasteiger partial charge in [-0.2, -0.15) is 5.10 Å². The van der Waals surface area contributed by atoms with Gasteiger partial charge in [-0.3, -0.25) is 9.89 Å². The summed E-state index contributed by atoms with van der Waals surface area (Å²) in [5.41, 5.74) is 3.06. The van der Waals surface area contributed by atoms with Gasteiger partial charge in [-0.15, -0.1) is 0 Å². The van der Waals surface area contributed by atoms with E-state index < -0.39 is 6.04 Å². The highest BCUT2D eigenvalue weighted by molar-refractivity contribution is 6.42. The van der Waals surface area contributed by atoms with Crippen LogP contribution in [0, 0.1) is 0 Å². The van der Waals surface area contributed by atoms with Gasteiger partial charge in [0.2, 0.25) is 0 Å². The molecule has 1 aliphatic heterocycles. The number of amides is 1. The van der Waals surface area contributed by atoms with Gasteiger partial charge in [0.25, 0.3) is 5.91 Å². The van der Waals surface area contributed by atoms with Gasteiger partial charge in [-0.05, 0) is 43.2 Å². The molecule has 0 bridgehead atoms. The number of para-hydroxylation sites is 1. The lowest BCUT2D eigenvalue weighted by Crippen LogP contribution is -2.31. The first-order chi connectivity index (χ1) is 14.5. The molecule has 2 N–H and O–H groups in total. The predicted octanol–water partition coefficient (Wildman–Crippen LogP) is 5.06. The van der Waals surface area contributed by atoms with Crippen molar-refractivity contribution >= 4 is 29.1 Å². The highest BCUT2D eigenvalue weighted by Gasteiger charge is 2.42. The van der Waals surface area contributed by atoms with Crippen LogP contribution in [0.1, 0.15) is 41.0 Å². The second-order valence-electron chi connectivity index (χ2n) is 7.00. The van der Waals surface area contributed by atoms with Crippen LogP contribution in [-0.2, 0) is 4.74 Å². The molecular weight excluding hydrogens is 425 g/mol. The Bertz CT molecular complexity index is 1080. The van der Waals surface area contributed by atoms with Gasteiger partial charge in [0.05, 0.1) is 16.1 Å². The molecule has 2 aromatic carbocycles. The maximum atomic E-state index is 13.2. The smallest absolute Gasteiger partial charge is 0.273 e. The van der Waals surface area contributed by atoms with Crippen molar-refractivity contribution in [3.8, 4) is 17.0 Å². The molecule has 1 atom stereocenters. The second kappa shape index (κ2) is 8.68. The highest BCUT2D eigenvalue weighted by Crippen LogP contribution is 2.45. The molecule has 0 saturated carbocycles. The lowest BCUT2D eigenvalue weighted by molar-refractivity contribution is 0.0710. The zero-order chi connectivity index (χ0) is 21.3. The summed E-state index contributed by atoms with van der Waals surface area (Å²) < 4.78 is 5.44. The molecule has 4 rings (SSSR count). The molecule has 8 heteroatoms. The van der Waals surface area contributed by atoms with Crippen molar-refractivity contribution in [3.63, 3.8) is 0 Å². The number of aromatic nitrogens is 2. The number of phenols is 1. The molecule has 0 saturated heterocycles. The van der Waals surface area contributed by atoms with Crippen LogP contribution in [0.5, 0.6) is 5.75 Å². The zero-order valence-electron chi connectivity index (χ0n) is 16.4. The van der Waals surface area contributed by atoms with E-state index in [2.05, 4.69) is 10.2 Å². The van der Waals surface area contributed by atoms with Crippen LogP contribution in [0.15, 0.2) is 42.5 Å². The molecule has 0 spiro atoms. The summed E-state index contributed by atoms with van der Waals surface area (Å²) in [6.07, 6.45) is 0.695. The largest absolute Gasteiger partial charge is 0.507 e. The third kappa shape index (κ3) is 3.67. The molecule has 6 nitrogen and oxygen atoms in total. The SMILES string of the molecule is CCOCCCN1C(=O)c2[nH]nc(-c3ccccc3O)c2C1c1ccc(Cl)c(Cl)c1. The number of benzene rings is 2. The van der Waals surface area contributed by atoms with E-state index in [1.54, 1.807) is 35.2 Å². The first-order valence-corrected chi connectivity index (χ1v) is 10.5. The number of phenolic OH excluding ortho intramolecular Hbond substituents is 1. The molecule has 0 radical (unpaired) electrons. The van der Waals surface area contributed by atoms with Crippen LogP contribution in [0.25, 0.3) is 11.3 Å². The van der Waals surface area contributed by atoms with E-state index in [0.717, 1.165) is 11.1 Å². The zero-order valence-corrected chi connectivity index (χ0v) is 17.9. The van der Waals surface area contributed by atoms with Crippen molar-refractivity contribution in [2.24, 2.45) is 0 Å². The normalized spacial score (nSPS) is 15.6. The Morgan fingerprint density at radius 2 is 2.00 bits per heavy atom. The van der Waals surface area contributed by atoms with Crippen LogP contribution >= 0.6 is 23.2 Å². The number of ether oxygens (including phenoxy) is 1. The van der Waals surface area contributed by atoms with E-state index in [1.165, 1.54) is 0 Å². The maximum Gasteiger partial charge on any atom is 0.273 e. The summed E-state index contributed by atoms with van der Waals surface area (Å²) in [6, 6.07) is 11.9. The Morgan fingerprint density at radius 1 is 1.20 bits per heavy atom. The van der Waals surface area contributed by atoms with E-state index in [9.17, 15) is 9.90 Å². The van der Waals surface area contributed by atoms with Crippen molar-refractivity contribution in [2.75, 3.05) is 19.8 Å². The van der Waals surface area contributed by atoms with E-state index in [1.807, 2.05) is 19.1 Å². The highest BCUT2D eigenvalue weighted by atomic mass is 35.5. The number of aromatic hydroxyl groups is 1. The van der Waals surface area contributed by atoms with Crippen molar-refractivity contribution in [1.82, 2.24) is 15.1 Å². The number of nitrogens with one attached hydrogen (secondary N) is 1. The van der Waals surface area contributed by atoms with Gasteiger partial charge < -0.3 is 14.7 Å². The number of hydrogen-bond acceptors (Lipinski definition) is 4. The molecule has 30 heavy (non-hydrogen) atoms. The van der Waals surface area contributed by atoms with Crippen molar-refractivity contribution in [2.45, 2.75) is 19.4 Å². The van der Waals surface area contributed by atoms with Gasteiger partial charge in [-0.1, -0.05) is 41.4 Å². The minimum atomic E-state index is -0.405. The second-order valence-corrected chi connectivity index (χ2v) is 7.82. The van der Waals surface area contributed by atoms with Crippen molar-refractivity contribution in [1.29, 1.82) is 0 Å². The number of fused-ring (bicyclic) bond motifs is 1. The summed E-state index contributed by atoms with van der Waals surface area (Å²) >= 11 is 12.4. The maximum absolute atomic E-state index is 13.2. The van der Waals surface area contributed by atoms with Crippen molar-refractivity contribution < 1.29 is 14.6 Å². The van der Waals surface area contributed by atoms with Gasteiger partial charge in [-0.25, -0.2) is 0 Å².